The molecule has 27 heavy (non-hydrogen) atoms. The van der Waals surface area contributed by atoms with Gasteiger partial charge in [0.1, 0.15) is 0 Å². The predicted octanol–water partition coefficient (Wildman–Crippen LogP) is 2.31. The summed E-state index contributed by atoms with van der Waals surface area (Å²) in [5.74, 6) is -1.05. The first-order valence-electron chi connectivity index (χ1n) is 8.30. The Hall–Kier alpha value is -3.55. The average Bonchev–Trinajstić information content (AvgIpc) is 2.59. The molecule has 0 fully saturated rings. The van der Waals surface area contributed by atoms with E-state index in [2.05, 4.69) is 10.6 Å². The monoisotopic (exact) mass is 369 g/mol. The van der Waals surface area contributed by atoms with Gasteiger partial charge in [-0.1, -0.05) is 24.3 Å². The van der Waals surface area contributed by atoms with Crippen molar-refractivity contribution in [1.29, 1.82) is 5.41 Å². The highest BCUT2D eigenvalue weighted by molar-refractivity contribution is 5.96. The number of carbonyl (C=O) groups is 2. The van der Waals surface area contributed by atoms with Gasteiger partial charge in [-0.3, -0.25) is 15.0 Å². The van der Waals surface area contributed by atoms with Crippen LogP contribution in [0.4, 0.5) is 17.1 Å². The van der Waals surface area contributed by atoms with Crippen LogP contribution in [0.25, 0.3) is 11.1 Å². The third-order valence-electron chi connectivity index (χ3n) is 3.97. The fourth-order valence-corrected chi connectivity index (χ4v) is 2.95. The molecule has 0 atom stereocenters. The summed E-state index contributed by atoms with van der Waals surface area (Å²) >= 11 is 0. The number of carboxylic acid groups (broad SMARTS) is 1. The predicted molar refractivity (Wildman–Crippen MR) is 107 cm³/mol. The molecule has 8 heteroatoms. The lowest BCUT2D eigenvalue weighted by atomic mass is 9.96. The van der Waals surface area contributed by atoms with Gasteiger partial charge in [0.15, 0.2) is 5.96 Å². The molecule has 0 aliphatic heterocycles. The molecule has 2 aromatic carbocycles. The average molecular weight is 369 g/mol. The molecule has 0 radical (unpaired) electrons. The number of aliphatic carboxylic acids is 1. The van der Waals surface area contributed by atoms with E-state index >= 15 is 0 Å². The Morgan fingerprint density at radius 2 is 2.04 bits per heavy atom. The maximum atomic E-state index is 11.2. The van der Waals surface area contributed by atoms with Crippen molar-refractivity contribution in [2.75, 3.05) is 29.6 Å². The highest BCUT2D eigenvalue weighted by atomic mass is 16.4. The van der Waals surface area contributed by atoms with Crippen LogP contribution < -0.4 is 21.3 Å². The third-order valence-corrected chi connectivity index (χ3v) is 3.97. The number of guanidine groups is 1. The third kappa shape index (κ3) is 4.97. The van der Waals surface area contributed by atoms with E-state index < -0.39 is 5.97 Å². The number of aryl methyl sites for hydroxylation is 1. The second-order valence-corrected chi connectivity index (χ2v) is 6.17. The molecule has 0 saturated heterocycles. The number of nitrogens with zero attached hydrogens (tertiary/aromatic N) is 1. The lowest BCUT2D eigenvalue weighted by Gasteiger charge is -2.24. The van der Waals surface area contributed by atoms with Crippen LogP contribution in [0.1, 0.15) is 12.0 Å². The van der Waals surface area contributed by atoms with E-state index in [0.717, 1.165) is 22.4 Å². The summed E-state index contributed by atoms with van der Waals surface area (Å²) in [5.41, 5.74) is 9.81. The highest BCUT2D eigenvalue weighted by Crippen LogP contribution is 2.39. The molecular formula is C19H23N5O3. The Morgan fingerprint density at radius 1 is 1.30 bits per heavy atom. The molecule has 0 spiro atoms. The van der Waals surface area contributed by atoms with Crippen LogP contribution in [0.15, 0.2) is 36.4 Å². The summed E-state index contributed by atoms with van der Waals surface area (Å²) in [6.07, 6.45) is 0.950. The summed E-state index contributed by atoms with van der Waals surface area (Å²) < 4.78 is 0. The zero-order chi connectivity index (χ0) is 20.0. The van der Waals surface area contributed by atoms with Crippen molar-refractivity contribution in [2.24, 2.45) is 5.73 Å². The number of carboxylic acids is 1. The summed E-state index contributed by atoms with van der Waals surface area (Å²) in [6, 6.07) is 11.0. The van der Waals surface area contributed by atoms with Crippen LogP contribution in [0, 0.1) is 5.41 Å². The van der Waals surface area contributed by atoms with E-state index in [1.165, 1.54) is 0 Å². The SMILES string of the molecule is CN(C)c1c(CCC(=O)O)ccc(-c2cccc(NC(=N)N)c2)c1NC=O. The lowest BCUT2D eigenvalue weighted by Crippen LogP contribution is -2.20. The maximum Gasteiger partial charge on any atom is 0.303 e. The molecule has 0 unspecified atom stereocenters. The van der Waals surface area contributed by atoms with E-state index in [4.69, 9.17) is 16.2 Å². The molecule has 0 aromatic heterocycles. The lowest BCUT2D eigenvalue weighted by molar-refractivity contribution is -0.136. The number of carbonyl (C=O) groups excluding carboxylic acids is 1. The van der Waals surface area contributed by atoms with Crippen molar-refractivity contribution in [1.82, 2.24) is 0 Å². The largest absolute Gasteiger partial charge is 0.481 e. The molecule has 0 bridgehead atoms. The van der Waals surface area contributed by atoms with Gasteiger partial charge in [0.2, 0.25) is 6.41 Å². The fraction of sp³-hybridized carbons (Fsp3) is 0.211. The van der Waals surface area contributed by atoms with Gasteiger partial charge in [0, 0.05) is 31.8 Å². The molecule has 0 aliphatic carbocycles. The molecule has 142 valence electrons. The Bertz CT molecular complexity index is 864. The highest BCUT2D eigenvalue weighted by Gasteiger charge is 2.17. The summed E-state index contributed by atoms with van der Waals surface area (Å²) in [4.78, 5) is 24.1. The van der Waals surface area contributed by atoms with Gasteiger partial charge >= 0.3 is 5.97 Å². The molecule has 1 amide bonds. The van der Waals surface area contributed by atoms with Crippen LogP contribution in [0.2, 0.25) is 0 Å². The van der Waals surface area contributed by atoms with Gasteiger partial charge in [0.25, 0.3) is 0 Å². The first kappa shape index (κ1) is 19.8. The van der Waals surface area contributed by atoms with Crippen LogP contribution in [-0.2, 0) is 16.0 Å². The van der Waals surface area contributed by atoms with E-state index in [1.54, 1.807) is 6.07 Å². The molecule has 6 N–H and O–H groups in total. The summed E-state index contributed by atoms with van der Waals surface area (Å²) in [7, 11) is 3.68. The zero-order valence-electron chi connectivity index (χ0n) is 15.2. The van der Waals surface area contributed by atoms with Gasteiger partial charge < -0.3 is 26.4 Å². The van der Waals surface area contributed by atoms with E-state index in [-0.39, 0.29) is 12.4 Å². The Kier molecular flexibility index (Phi) is 6.37. The topological polar surface area (TPSA) is 132 Å². The minimum Gasteiger partial charge on any atom is -0.481 e. The zero-order valence-corrected chi connectivity index (χ0v) is 15.2. The fourth-order valence-electron chi connectivity index (χ4n) is 2.95. The van der Waals surface area contributed by atoms with Crippen LogP contribution >= 0.6 is 0 Å². The number of anilines is 3. The van der Waals surface area contributed by atoms with E-state index in [9.17, 15) is 9.59 Å². The van der Waals surface area contributed by atoms with Crippen molar-refractivity contribution >= 4 is 35.4 Å². The van der Waals surface area contributed by atoms with E-state index in [1.807, 2.05) is 49.3 Å². The molecule has 8 nitrogen and oxygen atoms in total. The van der Waals surface area contributed by atoms with Crippen molar-refractivity contribution in [3.05, 3.63) is 42.0 Å². The van der Waals surface area contributed by atoms with Crippen LogP contribution in [0.5, 0.6) is 0 Å². The molecule has 0 saturated carbocycles. The van der Waals surface area contributed by atoms with Crippen molar-refractivity contribution in [2.45, 2.75) is 12.8 Å². The molecule has 0 heterocycles. The molecular weight excluding hydrogens is 346 g/mol. The number of hydrogen-bond donors (Lipinski definition) is 5. The van der Waals surface area contributed by atoms with E-state index in [0.29, 0.717) is 24.2 Å². The van der Waals surface area contributed by atoms with Crippen molar-refractivity contribution in [3.63, 3.8) is 0 Å². The Morgan fingerprint density at radius 3 is 2.63 bits per heavy atom. The van der Waals surface area contributed by atoms with Gasteiger partial charge in [-0.05, 0) is 29.7 Å². The first-order chi connectivity index (χ1) is 12.8. The quantitative estimate of drug-likeness (QED) is 0.276. The number of benzene rings is 2. The number of amides is 1. The second-order valence-electron chi connectivity index (χ2n) is 6.17. The standard InChI is InChI=1S/C19H23N5O3/c1-24(2)18-12(7-9-16(26)27)6-8-15(17(18)22-11-25)13-4-3-5-14(10-13)23-19(20)21/h3-6,8,10-11H,7,9H2,1-2H3,(H,22,25)(H,26,27)(H4,20,21,23). The second kappa shape index (κ2) is 8.70. The minimum atomic E-state index is -0.878. The normalized spacial score (nSPS) is 10.1. The Balaban J connectivity index is 2.59. The van der Waals surface area contributed by atoms with Crippen LogP contribution in [0.3, 0.4) is 0 Å². The summed E-state index contributed by atoms with van der Waals surface area (Å²) in [5, 5.41) is 21.9. The molecule has 2 rings (SSSR count). The number of rotatable bonds is 8. The van der Waals surface area contributed by atoms with Crippen molar-refractivity contribution < 1.29 is 14.7 Å². The van der Waals surface area contributed by atoms with Crippen molar-refractivity contribution in [3.8, 4) is 11.1 Å². The van der Waals surface area contributed by atoms with Gasteiger partial charge in [0.05, 0.1) is 11.4 Å². The number of hydrogen-bond acceptors (Lipinski definition) is 4. The summed E-state index contributed by atoms with van der Waals surface area (Å²) in [6.45, 7) is 0. The van der Waals surface area contributed by atoms with Gasteiger partial charge in [-0.15, -0.1) is 0 Å². The van der Waals surface area contributed by atoms with Gasteiger partial charge in [-0.25, -0.2) is 0 Å². The first-order valence-corrected chi connectivity index (χ1v) is 8.30. The number of nitrogens with one attached hydrogen (secondary N) is 3. The minimum absolute atomic E-state index is 0.00126. The molecule has 0 aliphatic rings. The maximum absolute atomic E-state index is 11.2. The molecule has 2 aromatic rings. The van der Waals surface area contributed by atoms with Gasteiger partial charge in [-0.2, -0.15) is 0 Å². The smallest absolute Gasteiger partial charge is 0.303 e. The Labute approximate surface area is 157 Å². The van der Waals surface area contributed by atoms with Crippen LogP contribution in [-0.4, -0.2) is 37.5 Å². The number of nitrogens with two attached hydrogens (primary N) is 1.